The van der Waals surface area contributed by atoms with E-state index >= 15 is 0 Å². The van der Waals surface area contributed by atoms with Crippen LogP contribution in [0.15, 0.2) is 6.07 Å². The zero-order valence-electron chi connectivity index (χ0n) is 6.80. The molecule has 0 spiro atoms. The number of esters is 1. The van der Waals surface area contributed by atoms with Gasteiger partial charge in [0.1, 0.15) is 4.88 Å². The van der Waals surface area contributed by atoms with Gasteiger partial charge in [-0.15, -0.1) is 11.3 Å². The zero-order chi connectivity index (χ0) is 8.43. The quantitative estimate of drug-likeness (QED) is 0.439. The molecule has 0 N–H and O–H groups in total. The molecule has 0 aliphatic carbocycles. The predicted molar refractivity (Wildman–Crippen MR) is 48.6 cm³/mol. The van der Waals surface area contributed by atoms with Crippen molar-refractivity contribution in [1.29, 1.82) is 0 Å². The number of ether oxygens (including phenoxy) is 1. The second kappa shape index (κ2) is 3.09. The molecule has 2 nitrogen and oxygen atoms in total. The van der Waals surface area contributed by atoms with Crippen LogP contribution in [0.25, 0.3) is 0 Å². The number of rotatable bonds is 1. The van der Waals surface area contributed by atoms with E-state index in [4.69, 9.17) is 0 Å². The van der Waals surface area contributed by atoms with Crippen molar-refractivity contribution in [2.45, 2.75) is 6.92 Å². The van der Waals surface area contributed by atoms with Gasteiger partial charge in [-0.1, -0.05) is 0 Å². The Balaban J connectivity index is 2.97. The number of hydrogen-bond donors (Lipinski definition) is 0. The summed E-state index contributed by atoms with van der Waals surface area (Å²) in [6, 6.07) is 1.85. The summed E-state index contributed by atoms with van der Waals surface area (Å²) in [5, 5.41) is 0. The van der Waals surface area contributed by atoms with E-state index in [0.717, 1.165) is 5.56 Å². The van der Waals surface area contributed by atoms with E-state index in [0.29, 0.717) is 4.88 Å². The first-order valence-corrected chi connectivity index (χ1v) is 4.12. The van der Waals surface area contributed by atoms with Crippen molar-refractivity contribution in [1.82, 2.24) is 0 Å². The molecule has 0 aliphatic rings. The first-order chi connectivity index (χ1) is 5.15. The maximum Gasteiger partial charge on any atom is 0.348 e. The van der Waals surface area contributed by atoms with E-state index in [-0.39, 0.29) is 5.97 Å². The Morgan fingerprint density at radius 2 is 2.36 bits per heavy atom. The first kappa shape index (κ1) is 8.33. The van der Waals surface area contributed by atoms with Crippen molar-refractivity contribution in [3.63, 3.8) is 0 Å². The van der Waals surface area contributed by atoms with Gasteiger partial charge in [0.2, 0.25) is 0 Å². The van der Waals surface area contributed by atoms with E-state index in [2.05, 4.69) is 4.74 Å². The topological polar surface area (TPSA) is 26.3 Å². The Morgan fingerprint density at radius 1 is 1.73 bits per heavy atom. The van der Waals surface area contributed by atoms with Gasteiger partial charge in [0.25, 0.3) is 0 Å². The molecule has 0 unspecified atom stereocenters. The number of carbonyl (C=O) groups is 1. The first-order valence-electron chi connectivity index (χ1n) is 3.30. The van der Waals surface area contributed by atoms with Gasteiger partial charge in [0, 0.05) is 0 Å². The molecular weight excluding hydrogens is 159 g/mol. The van der Waals surface area contributed by atoms with Crippen molar-refractivity contribution in [3.8, 4) is 0 Å². The normalized spacial score (nSPS) is 9.64. The van der Waals surface area contributed by atoms with E-state index in [1.807, 2.05) is 20.8 Å². The van der Waals surface area contributed by atoms with Gasteiger partial charge < -0.3 is 4.74 Å². The number of hydrogen-bond acceptors (Lipinski definition) is 3. The summed E-state index contributed by atoms with van der Waals surface area (Å²) in [6.07, 6.45) is 0. The molecule has 0 bridgehead atoms. The number of aryl methyl sites for hydroxylation is 1. The molecule has 0 amide bonds. The lowest BCUT2D eigenvalue weighted by Crippen LogP contribution is -1.98. The van der Waals surface area contributed by atoms with Crippen molar-refractivity contribution < 1.29 is 9.53 Å². The molecule has 4 heteroatoms. The molecular formula is C7H9BO2S. The van der Waals surface area contributed by atoms with E-state index in [1.165, 1.54) is 23.2 Å². The van der Waals surface area contributed by atoms with Gasteiger partial charge in [-0.3, -0.25) is 0 Å². The van der Waals surface area contributed by atoms with E-state index in [9.17, 15) is 4.79 Å². The highest BCUT2D eigenvalue weighted by atomic mass is 32.1. The fourth-order valence-electron chi connectivity index (χ4n) is 0.774. The SMILES string of the molecule is Bc1sc(C(=O)OC)cc1C. The van der Waals surface area contributed by atoms with Gasteiger partial charge >= 0.3 is 5.97 Å². The summed E-state index contributed by atoms with van der Waals surface area (Å²) in [5.41, 5.74) is 1.15. The van der Waals surface area contributed by atoms with Crippen LogP contribution in [-0.4, -0.2) is 20.9 Å². The van der Waals surface area contributed by atoms with Crippen LogP contribution in [0, 0.1) is 6.92 Å². The molecule has 0 aromatic carbocycles. The summed E-state index contributed by atoms with van der Waals surface area (Å²) in [7, 11) is 3.39. The molecule has 0 atom stereocenters. The molecule has 58 valence electrons. The minimum absolute atomic E-state index is 0.244. The Labute approximate surface area is 70.6 Å². The highest BCUT2D eigenvalue weighted by Crippen LogP contribution is 2.10. The molecule has 1 heterocycles. The van der Waals surface area contributed by atoms with E-state index < -0.39 is 0 Å². The molecule has 1 aromatic heterocycles. The van der Waals surface area contributed by atoms with Gasteiger partial charge in [0.05, 0.1) is 7.11 Å². The van der Waals surface area contributed by atoms with Crippen molar-refractivity contribution in [3.05, 3.63) is 16.5 Å². The molecule has 0 saturated heterocycles. The lowest BCUT2D eigenvalue weighted by Gasteiger charge is -1.90. The summed E-state index contributed by atoms with van der Waals surface area (Å²) < 4.78 is 5.75. The van der Waals surface area contributed by atoms with Gasteiger partial charge in [-0.05, 0) is 23.3 Å². The third kappa shape index (κ3) is 1.63. The Bertz CT molecular complexity index is 260. The van der Waals surface area contributed by atoms with Gasteiger partial charge in [0.15, 0.2) is 7.85 Å². The third-order valence-electron chi connectivity index (χ3n) is 1.55. The van der Waals surface area contributed by atoms with Crippen LogP contribution < -0.4 is 4.78 Å². The Morgan fingerprint density at radius 3 is 2.73 bits per heavy atom. The predicted octanol–water partition coefficient (Wildman–Crippen LogP) is 0.102. The molecule has 11 heavy (non-hydrogen) atoms. The summed E-state index contributed by atoms with van der Waals surface area (Å²) in [4.78, 5) is 11.7. The highest BCUT2D eigenvalue weighted by molar-refractivity contribution is 7.21. The lowest BCUT2D eigenvalue weighted by atomic mass is 10.0. The second-order valence-corrected chi connectivity index (χ2v) is 3.60. The summed E-state index contributed by atoms with van der Waals surface area (Å²) in [5.74, 6) is -0.244. The molecule has 0 radical (unpaired) electrons. The fourth-order valence-corrected chi connectivity index (χ4v) is 1.73. The highest BCUT2D eigenvalue weighted by Gasteiger charge is 2.09. The Kier molecular flexibility index (Phi) is 2.34. The van der Waals surface area contributed by atoms with E-state index in [1.54, 1.807) is 0 Å². The Hall–Kier alpha value is -0.765. The fraction of sp³-hybridized carbons (Fsp3) is 0.286. The average molecular weight is 168 g/mol. The van der Waals surface area contributed by atoms with Crippen LogP contribution in [0.3, 0.4) is 0 Å². The zero-order valence-corrected chi connectivity index (χ0v) is 7.62. The van der Waals surface area contributed by atoms with Crippen LogP contribution in [-0.2, 0) is 4.74 Å². The van der Waals surface area contributed by atoms with Gasteiger partial charge in [-0.25, -0.2) is 4.79 Å². The summed E-state index contributed by atoms with van der Waals surface area (Å²) in [6.45, 7) is 1.98. The monoisotopic (exact) mass is 168 g/mol. The average Bonchev–Trinajstić information content (AvgIpc) is 2.31. The van der Waals surface area contributed by atoms with Crippen LogP contribution in [0.5, 0.6) is 0 Å². The maximum absolute atomic E-state index is 11.0. The van der Waals surface area contributed by atoms with Crippen molar-refractivity contribution >= 4 is 29.9 Å². The lowest BCUT2D eigenvalue weighted by molar-refractivity contribution is 0.0606. The van der Waals surface area contributed by atoms with Crippen molar-refractivity contribution in [2.24, 2.45) is 0 Å². The number of methoxy groups -OCH3 is 1. The molecule has 0 fully saturated rings. The van der Waals surface area contributed by atoms with Crippen LogP contribution in [0.4, 0.5) is 0 Å². The van der Waals surface area contributed by atoms with Crippen LogP contribution in [0.1, 0.15) is 15.2 Å². The standard InChI is InChI=1S/C7H9BO2S/c1-4-3-5(7(9)10-2)11-6(4)8/h3H,8H2,1-2H3. The maximum atomic E-state index is 11.0. The minimum atomic E-state index is -0.244. The third-order valence-corrected chi connectivity index (χ3v) is 2.69. The smallest absolute Gasteiger partial charge is 0.348 e. The summed E-state index contributed by atoms with van der Waals surface area (Å²) >= 11 is 1.47. The number of carbonyl (C=O) groups excluding carboxylic acids is 1. The van der Waals surface area contributed by atoms with Crippen LogP contribution >= 0.6 is 11.3 Å². The van der Waals surface area contributed by atoms with Crippen molar-refractivity contribution in [2.75, 3.05) is 7.11 Å². The molecule has 1 rings (SSSR count). The largest absolute Gasteiger partial charge is 0.465 e. The molecule has 1 aromatic rings. The molecule has 0 saturated carbocycles. The minimum Gasteiger partial charge on any atom is -0.465 e. The van der Waals surface area contributed by atoms with Crippen LogP contribution in [0.2, 0.25) is 0 Å². The van der Waals surface area contributed by atoms with Gasteiger partial charge in [-0.2, -0.15) is 0 Å². The molecule has 0 aliphatic heterocycles. The number of thiophene rings is 1. The second-order valence-electron chi connectivity index (χ2n) is 2.34.